The van der Waals surface area contributed by atoms with E-state index in [1.807, 2.05) is 0 Å². The molecular formula is C4H4Cl2N2Pd. The molecule has 0 aromatic heterocycles. The largest absolute Gasteiger partial charge is 2.00 e. The van der Waals surface area contributed by atoms with E-state index in [0.29, 0.717) is 0 Å². The first kappa shape index (κ1) is 35.3. The van der Waals surface area contributed by atoms with Gasteiger partial charge in [-0.2, -0.15) is 0 Å². The summed E-state index contributed by atoms with van der Waals surface area (Å²) in [5.74, 6) is 3.00. The number of halogens is 2. The van der Waals surface area contributed by atoms with Crippen LogP contribution in [0.3, 0.4) is 0 Å². The van der Waals surface area contributed by atoms with Crippen molar-refractivity contribution in [2.24, 2.45) is 0 Å². The Balaban J connectivity index is -0.00000000889. The molecule has 0 saturated heterocycles. The van der Waals surface area contributed by atoms with Gasteiger partial charge in [0.2, 0.25) is 0 Å². The molecule has 0 saturated carbocycles. The first-order valence-corrected chi connectivity index (χ1v) is 1.15. The van der Waals surface area contributed by atoms with Crippen LogP contribution in [0.5, 0.6) is 0 Å². The molecule has 0 rings (SSSR count). The monoisotopic (exact) mass is 256 g/mol. The SMILES string of the molecule is C=C=[N].C=C=[N].[Cl-].[Cl-].[Pd+2]. The zero-order valence-corrected chi connectivity index (χ0v) is 7.45. The van der Waals surface area contributed by atoms with Gasteiger partial charge in [-0.25, -0.2) is 0 Å². The maximum absolute atomic E-state index is 7.21. The van der Waals surface area contributed by atoms with Crippen LogP contribution in [0.4, 0.5) is 0 Å². The maximum Gasteiger partial charge on any atom is 2.00 e. The molecule has 0 bridgehead atoms. The van der Waals surface area contributed by atoms with Gasteiger partial charge in [0, 0.05) is 11.7 Å². The molecular weight excluding hydrogens is 253 g/mol. The van der Waals surface area contributed by atoms with E-state index in [0.717, 1.165) is 0 Å². The van der Waals surface area contributed by atoms with Gasteiger partial charge in [0.25, 0.3) is 0 Å². The van der Waals surface area contributed by atoms with Crippen LogP contribution in [0.1, 0.15) is 0 Å². The molecule has 0 aromatic carbocycles. The Bertz CT molecular complexity index is 70.6. The predicted molar refractivity (Wildman–Crippen MR) is 25.5 cm³/mol. The summed E-state index contributed by atoms with van der Waals surface area (Å²) in [6.07, 6.45) is 0. The number of rotatable bonds is 0. The first-order valence-electron chi connectivity index (χ1n) is 1.15. The van der Waals surface area contributed by atoms with Crippen LogP contribution >= 0.6 is 0 Å². The van der Waals surface area contributed by atoms with Gasteiger partial charge < -0.3 is 24.8 Å². The molecule has 0 unspecified atom stereocenters. The van der Waals surface area contributed by atoms with Crippen molar-refractivity contribution in [2.75, 3.05) is 0 Å². The van der Waals surface area contributed by atoms with Crippen molar-refractivity contribution in [1.29, 1.82) is 0 Å². The fourth-order valence-electron chi connectivity index (χ4n) is 0. The second kappa shape index (κ2) is 90.5. The van der Waals surface area contributed by atoms with Crippen molar-refractivity contribution in [3.8, 4) is 0 Å². The second-order valence-corrected chi connectivity index (χ2v) is 0.316. The third-order valence-corrected chi connectivity index (χ3v) is 0. The molecule has 0 atom stereocenters. The van der Waals surface area contributed by atoms with Gasteiger partial charge in [0.05, 0.1) is 0 Å². The van der Waals surface area contributed by atoms with Gasteiger partial charge in [-0.15, -0.1) is 0 Å². The minimum absolute atomic E-state index is 0. The summed E-state index contributed by atoms with van der Waals surface area (Å²) in [6, 6.07) is 0. The summed E-state index contributed by atoms with van der Waals surface area (Å²) in [5.41, 5.74) is 0. The van der Waals surface area contributed by atoms with Gasteiger partial charge in [-0.1, -0.05) is 10.8 Å². The maximum atomic E-state index is 7.21. The molecule has 0 aromatic rings. The number of hydrogen-bond donors (Lipinski definition) is 0. The molecule has 54 valence electrons. The molecule has 0 N–H and O–H groups in total. The summed E-state index contributed by atoms with van der Waals surface area (Å²) in [5, 5.41) is 14.4. The van der Waals surface area contributed by atoms with Gasteiger partial charge in [-0.05, 0) is 13.2 Å². The third kappa shape index (κ3) is 15200. The van der Waals surface area contributed by atoms with E-state index in [1.165, 1.54) is 11.7 Å². The van der Waals surface area contributed by atoms with E-state index in [9.17, 15) is 0 Å². The molecule has 0 aliphatic carbocycles. The smallest absolute Gasteiger partial charge is 1.00 e. The Kier molecular flexibility index (Phi) is 355. The summed E-state index contributed by atoms with van der Waals surface area (Å²) >= 11 is 0. The van der Waals surface area contributed by atoms with Crippen LogP contribution in [0.2, 0.25) is 0 Å². The van der Waals surface area contributed by atoms with Gasteiger partial charge in [-0.3, -0.25) is 0 Å². The fourth-order valence-corrected chi connectivity index (χ4v) is 0. The molecule has 0 aliphatic heterocycles. The van der Waals surface area contributed by atoms with Crippen molar-refractivity contribution in [3.63, 3.8) is 0 Å². The van der Waals surface area contributed by atoms with Crippen LogP contribution < -0.4 is 35.6 Å². The molecule has 0 fully saturated rings. The summed E-state index contributed by atoms with van der Waals surface area (Å²) < 4.78 is 0. The fraction of sp³-hybridized carbons (Fsp3) is 0. The van der Waals surface area contributed by atoms with E-state index in [1.54, 1.807) is 0 Å². The first-order chi connectivity index (χ1) is 2.83. The Labute approximate surface area is 80.9 Å². The van der Waals surface area contributed by atoms with Crippen molar-refractivity contribution in [1.82, 2.24) is 10.8 Å². The number of hydrogen-bond acceptors (Lipinski definition) is 0. The summed E-state index contributed by atoms with van der Waals surface area (Å²) in [7, 11) is 0. The van der Waals surface area contributed by atoms with E-state index in [4.69, 9.17) is 10.8 Å². The average Bonchev–Trinajstić information content (AvgIpc) is 1.39. The van der Waals surface area contributed by atoms with E-state index in [2.05, 4.69) is 13.2 Å². The molecule has 0 heterocycles. The van der Waals surface area contributed by atoms with E-state index in [-0.39, 0.29) is 45.2 Å². The standard InChI is InChI=1S/2C2H2N.2ClH.Pd/c2*1-2-3;;;/h2*1H2;2*1H;/q;;;;+2/p-2. The summed E-state index contributed by atoms with van der Waals surface area (Å²) in [4.78, 5) is 0. The summed E-state index contributed by atoms with van der Waals surface area (Å²) in [6.45, 7) is 5.58. The molecule has 9 heavy (non-hydrogen) atoms. The Morgan fingerprint density at radius 3 is 0.889 bits per heavy atom. The van der Waals surface area contributed by atoms with Crippen molar-refractivity contribution < 1.29 is 45.2 Å². The quantitative estimate of drug-likeness (QED) is 0.306. The molecule has 0 amide bonds. The predicted octanol–water partition coefficient (Wildman–Crippen LogP) is -6.71. The van der Waals surface area contributed by atoms with Gasteiger partial charge >= 0.3 is 20.4 Å². The molecule has 2 radical (unpaired) electrons. The molecule has 2 nitrogen and oxygen atoms in total. The van der Waals surface area contributed by atoms with Gasteiger partial charge in [0.1, 0.15) is 0 Å². The van der Waals surface area contributed by atoms with Crippen molar-refractivity contribution in [3.05, 3.63) is 13.2 Å². The van der Waals surface area contributed by atoms with E-state index < -0.39 is 0 Å². The second-order valence-electron chi connectivity index (χ2n) is 0.316. The van der Waals surface area contributed by atoms with E-state index >= 15 is 0 Å². The van der Waals surface area contributed by atoms with Crippen LogP contribution in [0, 0.1) is 0 Å². The van der Waals surface area contributed by atoms with Crippen LogP contribution in [0.25, 0.3) is 0 Å². The Hall–Kier alpha value is 0.142. The van der Waals surface area contributed by atoms with Crippen LogP contribution in [0.15, 0.2) is 13.2 Å². The average molecular weight is 257 g/mol. The number of nitrogens with zero attached hydrogens (tertiary/aromatic N) is 2. The molecule has 5 heteroatoms. The minimum atomic E-state index is 0. The third-order valence-electron chi connectivity index (χ3n) is 0. The van der Waals surface area contributed by atoms with Crippen LogP contribution in [-0.2, 0) is 20.4 Å². The zero-order chi connectivity index (χ0) is 5.41. The Morgan fingerprint density at radius 2 is 0.889 bits per heavy atom. The van der Waals surface area contributed by atoms with Gasteiger partial charge in [0.15, 0.2) is 0 Å². The normalized spacial score (nSPS) is 1.78. The molecule has 0 spiro atoms. The van der Waals surface area contributed by atoms with Crippen molar-refractivity contribution >= 4 is 11.7 Å². The zero-order valence-electron chi connectivity index (χ0n) is 4.38. The Morgan fingerprint density at radius 1 is 0.889 bits per heavy atom. The van der Waals surface area contributed by atoms with Crippen molar-refractivity contribution in [2.45, 2.75) is 0 Å². The minimum Gasteiger partial charge on any atom is -1.00 e. The van der Waals surface area contributed by atoms with Crippen LogP contribution in [-0.4, -0.2) is 11.7 Å². The molecule has 0 aliphatic rings. The topological polar surface area (TPSA) is 44.6 Å².